The molecular weight excluding hydrogens is 427 g/mol. The van der Waals surface area contributed by atoms with E-state index in [-0.39, 0.29) is 36.6 Å². The number of carbonyl (C=O) groups excluding carboxylic acids is 2. The van der Waals surface area contributed by atoms with Crippen LogP contribution in [0.5, 0.6) is 0 Å². The molecule has 2 amide bonds. The van der Waals surface area contributed by atoms with Crippen LogP contribution in [-0.2, 0) is 29.0 Å². The maximum Gasteiger partial charge on any atom is 0.243 e. The summed E-state index contributed by atoms with van der Waals surface area (Å²) in [4.78, 5) is 28.7. The van der Waals surface area contributed by atoms with E-state index in [2.05, 4.69) is 5.32 Å². The van der Waals surface area contributed by atoms with Gasteiger partial charge in [0.05, 0.1) is 6.42 Å². The van der Waals surface area contributed by atoms with E-state index in [0.717, 1.165) is 28.7 Å². The number of carbonyl (C=O) groups is 2. The summed E-state index contributed by atoms with van der Waals surface area (Å²) in [7, 11) is 0. The molecule has 3 aromatic rings. The van der Waals surface area contributed by atoms with Crippen molar-refractivity contribution in [2.75, 3.05) is 0 Å². The Morgan fingerprint density at radius 2 is 1.59 bits per heavy atom. The summed E-state index contributed by atoms with van der Waals surface area (Å²) in [6.45, 7) is 6.17. The molecule has 0 heterocycles. The van der Waals surface area contributed by atoms with Crippen LogP contribution in [0.3, 0.4) is 0 Å². The molecule has 3 aromatic carbocycles. The Morgan fingerprint density at radius 1 is 0.912 bits per heavy atom. The van der Waals surface area contributed by atoms with Crippen molar-refractivity contribution in [3.63, 3.8) is 0 Å². The summed E-state index contributed by atoms with van der Waals surface area (Å²) < 4.78 is 13.5. The van der Waals surface area contributed by atoms with Crippen molar-refractivity contribution in [2.45, 2.75) is 58.7 Å². The maximum atomic E-state index is 13.7. The first-order valence-electron chi connectivity index (χ1n) is 11.8. The van der Waals surface area contributed by atoms with Gasteiger partial charge in [0.2, 0.25) is 11.8 Å². The molecule has 1 N–H and O–H groups in total. The van der Waals surface area contributed by atoms with E-state index >= 15 is 0 Å². The number of amides is 2. The van der Waals surface area contributed by atoms with Gasteiger partial charge in [-0.15, -0.1) is 0 Å². The largest absolute Gasteiger partial charge is 0.352 e. The fraction of sp³-hybridized carbons (Fsp3) is 0.310. The lowest BCUT2D eigenvalue weighted by Gasteiger charge is -2.32. The molecule has 0 saturated carbocycles. The first kappa shape index (κ1) is 25.2. The van der Waals surface area contributed by atoms with E-state index < -0.39 is 6.04 Å². The second-order valence-electron chi connectivity index (χ2n) is 8.84. The van der Waals surface area contributed by atoms with Gasteiger partial charge in [-0.1, -0.05) is 79.2 Å². The minimum absolute atomic E-state index is 0.00896. The quantitative estimate of drug-likeness (QED) is 0.450. The summed E-state index contributed by atoms with van der Waals surface area (Å²) in [5.41, 5.74) is 3.72. The number of nitrogens with one attached hydrogen (secondary N) is 1. The smallest absolute Gasteiger partial charge is 0.243 e. The van der Waals surface area contributed by atoms with Crippen molar-refractivity contribution in [3.8, 4) is 0 Å². The number of hydrogen-bond donors (Lipinski definition) is 1. The summed E-state index contributed by atoms with van der Waals surface area (Å²) in [6, 6.07) is 22.9. The lowest BCUT2D eigenvalue weighted by molar-refractivity contribution is -0.141. The Labute approximate surface area is 201 Å². The van der Waals surface area contributed by atoms with E-state index in [0.29, 0.717) is 6.42 Å². The highest BCUT2D eigenvalue weighted by molar-refractivity contribution is 5.89. The highest BCUT2D eigenvalue weighted by atomic mass is 19.1. The van der Waals surface area contributed by atoms with Crippen LogP contribution in [0.4, 0.5) is 4.39 Å². The third-order valence-electron chi connectivity index (χ3n) is 5.98. The van der Waals surface area contributed by atoms with Crippen LogP contribution in [-0.4, -0.2) is 28.8 Å². The van der Waals surface area contributed by atoms with Gasteiger partial charge in [-0.05, 0) is 49.1 Å². The standard InChI is InChI=1S/C29H33FN2O2/c1-4-22(3)31-29(34)27(18-23-10-6-5-7-11-23)32(20-24-13-15-26(30)16-14-24)28(33)19-25-12-8-9-21(2)17-25/h5-17,22,27H,4,18-20H2,1-3H3,(H,31,34)/t22-,27-/m1/s1. The highest BCUT2D eigenvalue weighted by Crippen LogP contribution is 2.18. The average molecular weight is 461 g/mol. The summed E-state index contributed by atoms with van der Waals surface area (Å²) in [6.07, 6.45) is 1.37. The van der Waals surface area contributed by atoms with Crippen LogP contribution in [0, 0.1) is 12.7 Å². The predicted octanol–water partition coefficient (Wildman–Crippen LogP) is 5.23. The molecule has 0 saturated heterocycles. The third kappa shape index (κ3) is 7.27. The van der Waals surface area contributed by atoms with Crippen molar-refractivity contribution in [1.82, 2.24) is 10.2 Å². The molecule has 3 rings (SSSR count). The van der Waals surface area contributed by atoms with Gasteiger partial charge in [0.15, 0.2) is 0 Å². The Balaban J connectivity index is 1.96. The fourth-order valence-electron chi connectivity index (χ4n) is 3.88. The lowest BCUT2D eigenvalue weighted by atomic mass is 10.0. The van der Waals surface area contributed by atoms with Gasteiger partial charge in [-0.2, -0.15) is 0 Å². The number of halogens is 1. The third-order valence-corrected chi connectivity index (χ3v) is 5.98. The van der Waals surface area contributed by atoms with Gasteiger partial charge in [0.25, 0.3) is 0 Å². The van der Waals surface area contributed by atoms with Crippen molar-refractivity contribution in [1.29, 1.82) is 0 Å². The average Bonchev–Trinajstić information content (AvgIpc) is 2.83. The molecule has 0 aliphatic heterocycles. The van der Waals surface area contributed by atoms with E-state index in [4.69, 9.17) is 0 Å². The molecule has 0 radical (unpaired) electrons. The van der Waals surface area contributed by atoms with Crippen molar-refractivity contribution in [2.24, 2.45) is 0 Å². The van der Waals surface area contributed by atoms with Gasteiger partial charge in [-0.3, -0.25) is 9.59 Å². The van der Waals surface area contributed by atoms with Crippen molar-refractivity contribution in [3.05, 3.63) is 107 Å². The number of aryl methyl sites for hydroxylation is 1. The SMILES string of the molecule is CC[C@@H](C)NC(=O)[C@@H](Cc1ccccc1)N(Cc1ccc(F)cc1)C(=O)Cc1cccc(C)c1. The highest BCUT2D eigenvalue weighted by Gasteiger charge is 2.31. The number of nitrogens with zero attached hydrogens (tertiary/aromatic N) is 1. The molecule has 4 nitrogen and oxygen atoms in total. The Hall–Kier alpha value is -3.47. The first-order valence-corrected chi connectivity index (χ1v) is 11.8. The summed E-state index contributed by atoms with van der Waals surface area (Å²) in [5.74, 6) is -0.662. The van der Waals surface area contributed by atoms with Crippen LogP contribution in [0.25, 0.3) is 0 Å². The van der Waals surface area contributed by atoms with E-state index in [1.165, 1.54) is 12.1 Å². The minimum Gasteiger partial charge on any atom is -0.352 e. The Bertz CT molecular complexity index is 1080. The number of hydrogen-bond acceptors (Lipinski definition) is 2. The molecule has 5 heteroatoms. The fourth-order valence-corrected chi connectivity index (χ4v) is 3.88. The van der Waals surface area contributed by atoms with Gasteiger partial charge >= 0.3 is 0 Å². The van der Waals surface area contributed by atoms with Crippen molar-refractivity contribution >= 4 is 11.8 Å². The molecule has 0 fully saturated rings. The van der Waals surface area contributed by atoms with E-state index in [9.17, 15) is 14.0 Å². The van der Waals surface area contributed by atoms with Crippen LogP contribution < -0.4 is 5.32 Å². The molecule has 0 spiro atoms. The molecular formula is C29H33FN2O2. The second kappa shape index (κ2) is 12.1. The van der Waals surface area contributed by atoms with Crippen LogP contribution in [0.15, 0.2) is 78.9 Å². The first-order chi connectivity index (χ1) is 16.4. The van der Waals surface area contributed by atoms with Crippen LogP contribution in [0.2, 0.25) is 0 Å². The topological polar surface area (TPSA) is 49.4 Å². The zero-order valence-electron chi connectivity index (χ0n) is 20.1. The normalized spacial score (nSPS) is 12.6. The molecule has 0 aliphatic carbocycles. The minimum atomic E-state index is -0.696. The predicted molar refractivity (Wildman–Crippen MR) is 134 cm³/mol. The van der Waals surface area contributed by atoms with Crippen LogP contribution in [0.1, 0.15) is 42.5 Å². The van der Waals surface area contributed by atoms with Gasteiger partial charge in [0.1, 0.15) is 11.9 Å². The molecule has 34 heavy (non-hydrogen) atoms. The van der Waals surface area contributed by atoms with Gasteiger partial charge in [-0.25, -0.2) is 4.39 Å². The molecule has 0 aliphatic rings. The zero-order valence-corrected chi connectivity index (χ0v) is 20.1. The number of rotatable bonds is 10. The van der Waals surface area contributed by atoms with Crippen molar-refractivity contribution < 1.29 is 14.0 Å². The maximum absolute atomic E-state index is 13.7. The van der Waals surface area contributed by atoms with Gasteiger partial charge < -0.3 is 10.2 Å². The summed E-state index contributed by atoms with van der Waals surface area (Å²) >= 11 is 0. The molecule has 2 atom stereocenters. The molecule has 178 valence electrons. The van der Waals surface area contributed by atoms with Gasteiger partial charge in [0, 0.05) is 19.0 Å². The Morgan fingerprint density at radius 3 is 2.24 bits per heavy atom. The molecule has 0 unspecified atom stereocenters. The van der Waals surface area contributed by atoms with E-state index in [1.54, 1.807) is 17.0 Å². The lowest BCUT2D eigenvalue weighted by Crippen LogP contribution is -2.52. The molecule has 0 bridgehead atoms. The second-order valence-corrected chi connectivity index (χ2v) is 8.84. The van der Waals surface area contributed by atoms with E-state index in [1.807, 2.05) is 75.4 Å². The zero-order chi connectivity index (χ0) is 24.5. The molecule has 0 aromatic heterocycles. The Kier molecular flexibility index (Phi) is 8.97. The number of benzene rings is 3. The summed E-state index contributed by atoms with van der Waals surface area (Å²) in [5, 5.41) is 3.06. The monoisotopic (exact) mass is 460 g/mol. The van der Waals surface area contributed by atoms with Crippen LogP contribution >= 0.6 is 0 Å².